The van der Waals surface area contributed by atoms with Crippen molar-refractivity contribution < 1.29 is 9.53 Å². The lowest BCUT2D eigenvalue weighted by Crippen LogP contribution is -2.33. The van der Waals surface area contributed by atoms with E-state index in [9.17, 15) is 4.79 Å². The first kappa shape index (κ1) is 16.3. The molecule has 2 heterocycles. The molecular weight excluding hydrogens is 336 g/mol. The number of nitrogens with zero attached hydrogens (tertiary/aromatic N) is 1. The van der Waals surface area contributed by atoms with Gasteiger partial charge in [0.2, 0.25) is 5.91 Å². The highest BCUT2D eigenvalue weighted by Crippen LogP contribution is 2.32. The van der Waals surface area contributed by atoms with Gasteiger partial charge >= 0.3 is 0 Å². The molecule has 2 aromatic carbocycles. The van der Waals surface area contributed by atoms with Gasteiger partial charge < -0.3 is 15.0 Å². The summed E-state index contributed by atoms with van der Waals surface area (Å²) in [6.45, 7) is 2.49. The Bertz CT molecular complexity index is 787. The molecule has 0 bridgehead atoms. The Hall–Kier alpha value is -2.20. The fourth-order valence-corrected chi connectivity index (χ4v) is 3.77. The lowest BCUT2D eigenvalue weighted by molar-refractivity contribution is -0.121. The van der Waals surface area contributed by atoms with Crippen LogP contribution in [0.3, 0.4) is 0 Å². The maximum Gasteiger partial charge on any atom is 0.231 e. The Morgan fingerprint density at radius 2 is 1.96 bits per heavy atom. The summed E-state index contributed by atoms with van der Waals surface area (Å²) in [5, 5.41) is 3.78. The van der Waals surface area contributed by atoms with Gasteiger partial charge in [0, 0.05) is 18.1 Å². The molecule has 0 saturated carbocycles. The van der Waals surface area contributed by atoms with Crippen LogP contribution in [0.5, 0.6) is 5.75 Å². The molecule has 1 atom stereocenters. The minimum Gasteiger partial charge on any atom is -0.492 e. The summed E-state index contributed by atoms with van der Waals surface area (Å²) >= 11 is 6.07. The van der Waals surface area contributed by atoms with Crippen LogP contribution in [-0.2, 0) is 11.2 Å². The number of ether oxygens (including phenoxy) is 1. The SMILES string of the molecule is O=C(Nc1ccccc1N1CCCC1)C1COc2ccc(Cl)cc2C1. The topological polar surface area (TPSA) is 41.6 Å². The molecule has 2 aliphatic rings. The third-order valence-electron chi connectivity index (χ3n) is 4.91. The molecule has 130 valence electrons. The first-order valence-electron chi connectivity index (χ1n) is 8.77. The number of rotatable bonds is 3. The minimum atomic E-state index is -0.211. The van der Waals surface area contributed by atoms with E-state index in [1.165, 1.54) is 12.8 Å². The van der Waals surface area contributed by atoms with E-state index in [4.69, 9.17) is 16.3 Å². The predicted octanol–water partition coefficient (Wildman–Crippen LogP) is 4.13. The molecule has 1 fully saturated rings. The molecular formula is C20H21ClN2O2. The monoisotopic (exact) mass is 356 g/mol. The van der Waals surface area contributed by atoms with E-state index in [2.05, 4.69) is 16.3 Å². The average Bonchev–Trinajstić information content (AvgIpc) is 3.16. The van der Waals surface area contributed by atoms with Gasteiger partial charge in [0.1, 0.15) is 12.4 Å². The van der Waals surface area contributed by atoms with Crippen molar-refractivity contribution in [3.05, 3.63) is 53.1 Å². The molecule has 1 unspecified atom stereocenters. The largest absolute Gasteiger partial charge is 0.492 e. The van der Waals surface area contributed by atoms with Crippen molar-refractivity contribution in [2.24, 2.45) is 5.92 Å². The van der Waals surface area contributed by atoms with Gasteiger partial charge in [0.25, 0.3) is 0 Å². The normalized spacial score (nSPS) is 19.2. The highest BCUT2D eigenvalue weighted by molar-refractivity contribution is 6.30. The van der Waals surface area contributed by atoms with Crippen LogP contribution in [0.15, 0.2) is 42.5 Å². The van der Waals surface area contributed by atoms with Gasteiger partial charge in [-0.1, -0.05) is 23.7 Å². The van der Waals surface area contributed by atoms with Crippen molar-refractivity contribution >= 4 is 28.9 Å². The van der Waals surface area contributed by atoms with E-state index in [1.54, 1.807) is 0 Å². The van der Waals surface area contributed by atoms with Crippen LogP contribution < -0.4 is 15.0 Å². The van der Waals surface area contributed by atoms with Crippen LogP contribution in [-0.4, -0.2) is 25.6 Å². The van der Waals surface area contributed by atoms with Crippen LogP contribution in [0.25, 0.3) is 0 Å². The quantitative estimate of drug-likeness (QED) is 0.899. The van der Waals surface area contributed by atoms with Gasteiger partial charge in [0.05, 0.1) is 17.3 Å². The Balaban J connectivity index is 1.50. The molecule has 0 radical (unpaired) electrons. The summed E-state index contributed by atoms with van der Waals surface area (Å²) in [7, 11) is 0. The fourth-order valence-electron chi connectivity index (χ4n) is 3.58. The standard InChI is InChI=1S/C20H21ClN2O2/c21-16-7-8-19-14(12-16)11-15(13-25-19)20(24)22-17-5-1-2-6-18(17)23-9-3-4-10-23/h1-2,5-8,12,15H,3-4,9-11,13H2,(H,22,24). The Morgan fingerprint density at radius 1 is 1.16 bits per heavy atom. The van der Waals surface area contributed by atoms with Crippen LogP contribution in [0.4, 0.5) is 11.4 Å². The first-order chi connectivity index (χ1) is 12.2. The Labute approximate surface area is 152 Å². The smallest absolute Gasteiger partial charge is 0.231 e. The number of carbonyl (C=O) groups excluding carboxylic acids is 1. The third kappa shape index (κ3) is 3.45. The van der Waals surface area contributed by atoms with E-state index < -0.39 is 0 Å². The molecule has 25 heavy (non-hydrogen) atoms. The van der Waals surface area contributed by atoms with Crippen molar-refractivity contribution in [2.75, 3.05) is 29.9 Å². The van der Waals surface area contributed by atoms with E-state index in [0.29, 0.717) is 18.1 Å². The fraction of sp³-hybridized carbons (Fsp3) is 0.350. The Morgan fingerprint density at radius 3 is 2.80 bits per heavy atom. The van der Waals surface area contributed by atoms with E-state index in [-0.39, 0.29) is 11.8 Å². The highest BCUT2D eigenvalue weighted by atomic mass is 35.5. The van der Waals surface area contributed by atoms with Crippen LogP contribution in [0.2, 0.25) is 5.02 Å². The zero-order valence-corrected chi connectivity index (χ0v) is 14.8. The van der Waals surface area contributed by atoms with Gasteiger partial charge in [-0.3, -0.25) is 4.79 Å². The second-order valence-corrected chi connectivity index (χ2v) is 7.10. The summed E-state index contributed by atoms with van der Waals surface area (Å²) in [6.07, 6.45) is 3.06. The summed E-state index contributed by atoms with van der Waals surface area (Å²) in [5.41, 5.74) is 2.98. The van der Waals surface area contributed by atoms with Gasteiger partial charge in [-0.15, -0.1) is 0 Å². The molecule has 0 aliphatic carbocycles. The van der Waals surface area contributed by atoms with E-state index in [1.807, 2.05) is 36.4 Å². The van der Waals surface area contributed by atoms with Gasteiger partial charge in [-0.25, -0.2) is 0 Å². The summed E-state index contributed by atoms with van der Waals surface area (Å²) in [6, 6.07) is 13.6. The maximum atomic E-state index is 12.8. The van der Waals surface area contributed by atoms with Crippen LogP contribution in [0, 0.1) is 5.92 Å². The molecule has 4 nitrogen and oxygen atoms in total. The number of hydrogen-bond acceptors (Lipinski definition) is 3. The summed E-state index contributed by atoms with van der Waals surface area (Å²) < 4.78 is 5.75. The molecule has 1 amide bonds. The van der Waals surface area contributed by atoms with Crippen molar-refractivity contribution in [1.29, 1.82) is 0 Å². The van der Waals surface area contributed by atoms with E-state index in [0.717, 1.165) is 35.8 Å². The predicted molar refractivity (Wildman–Crippen MR) is 101 cm³/mol. The third-order valence-corrected chi connectivity index (χ3v) is 5.14. The molecule has 0 spiro atoms. The summed E-state index contributed by atoms with van der Waals surface area (Å²) in [5.74, 6) is 0.612. The number of carbonyl (C=O) groups is 1. The van der Waals surface area contributed by atoms with Gasteiger partial charge in [-0.05, 0) is 55.2 Å². The van der Waals surface area contributed by atoms with Crippen LogP contribution >= 0.6 is 11.6 Å². The molecule has 2 aliphatic heterocycles. The zero-order chi connectivity index (χ0) is 17.2. The number of amides is 1. The van der Waals surface area contributed by atoms with Crippen molar-refractivity contribution in [3.8, 4) is 5.75 Å². The number of hydrogen-bond donors (Lipinski definition) is 1. The number of nitrogens with one attached hydrogen (secondary N) is 1. The minimum absolute atomic E-state index is 0.00253. The average molecular weight is 357 g/mol. The van der Waals surface area contributed by atoms with Crippen molar-refractivity contribution in [1.82, 2.24) is 0 Å². The van der Waals surface area contributed by atoms with Gasteiger partial charge in [-0.2, -0.15) is 0 Å². The van der Waals surface area contributed by atoms with E-state index >= 15 is 0 Å². The molecule has 2 aromatic rings. The van der Waals surface area contributed by atoms with Crippen molar-refractivity contribution in [3.63, 3.8) is 0 Å². The lowest BCUT2D eigenvalue weighted by atomic mass is 9.96. The van der Waals surface area contributed by atoms with Crippen molar-refractivity contribution in [2.45, 2.75) is 19.3 Å². The maximum absolute atomic E-state index is 12.8. The lowest BCUT2D eigenvalue weighted by Gasteiger charge is -2.26. The first-order valence-corrected chi connectivity index (χ1v) is 9.14. The van der Waals surface area contributed by atoms with Gasteiger partial charge in [0.15, 0.2) is 0 Å². The highest BCUT2D eigenvalue weighted by Gasteiger charge is 2.27. The second kappa shape index (κ2) is 6.96. The number of anilines is 2. The number of fused-ring (bicyclic) bond motifs is 1. The Kier molecular flexibility index (Phi) is 4.53. The molecule has 1 saturated heterocycles. The molecule has 1 N–H and O–H groups in total. The number of halogens is 1. The number of benzene rings is 2. The number of para-hydroxylation sites is 2. The second-order valence-electron chi connectivity index (χ2n) is 6.66. The molecule has 4 rings (SSSR count). The molecule has 0 aromatic heterocycles. The van der Waals surface area contributed by atoms with Crippen LogP contribution in [0.1, 0.15) is 18.4 Å². The zero-order valence-electron chi connectivity index (χ0n) is 14.0. The summed E-state index contributed by atoms with van der Waals surface area (Å²) in [4.78, 5) is 15.1. The molecule has 5 heteroatoms.